The van der Waals surface area contributed by atoms with E-state index >= 15 is 0 Å². The number of urea groups is 1. The van der Waals surface area contributed by atoms with E-state index < -0.39 is 6.03 Å². The number of benzene rings is 3. The number of carbonyl (C=O) groups is 2. The molecule has 0 aliphatic carbocycles. The monoisotopic (exact) mass is 503 g/mol. The third-order valence-electron chi connectivity index (χ3n) is 5.63. The summed E-state index contributed by atoms with van der Waals surface area (Å²) >= 11 is 3.38. The summed E-state index contributed by atoms with van der Waals surface area (Å²) in [5.74, 6) is -0.647. The molecule has 164 valence electrons. The Morgan fingerprint density at radius 3 is 2.42 bits per heavy atom. The van der Waals surface area contributed by atoms with Crippen LogP contribution in [0.4, 0.5) is 9.18 Å². The van der Waals surface area contributed by atoms with Gasteiger partial charge in [0.25, 0.3) is 5.91 Å². The number of fused-ring (bicyclic) bond motifs is 1. The van der Waals surface area contributed by atoms with Gasteiger partial charge in [0.1, 0.15) is 11.5 Å². The summed E-state index contributed by atoms with van der Waals surface area (Å²) in [4.78, 5) is 26.7. The molecule has 0 unspecified atom stereocenters. The molecule has 3 aromatic carbocycles. The van der Waals surface area contributed by atoms with Crippen molar-refractivity contribution in [2.24, 2.45) is 0 Å². The predicted molar refractivity (Wildman–Crippen MR) is 129 cm³/mol. The van der Waals surface area contributed by atoms with E-state index in [9.17, 15) is 14.0 Å². The number of aromatic nitrogens is 1. The Bertz CT molecular complexity index is 1410. The van der Waals surface area contributed by atoms with Crippen molar-refractivity contribution in [1.82, 2.24) is 14.8 Å². The number of hydrogen-bond donors (Lipinski definition) is 1. The third kappa shape index (κ3) is 4.19. The van der Waals surface area contributed by atoms with Crippen LogP contribution in [0.5, 0.6) is 0 Å². The number of para-hydroxylation sites is 1. The third-order valence-corrected chi connectivity index (χ3v) is 6.16. The van der Waals surface area contributed by atoms with Crippen molar-refractivity contribution in [2.45, 2.75) is 13.1 Å². The van der Waals surface area contributed by atoms with Crippen LogP contribution in [0.15, 0.2) is 89.2 Å². The molecule has 0 saturated carbocycles. The van der Waals surface area contributed by atoms with Crippen LogP contribution in [0, 0.1) is 5.82 Å². The van der Waals surface area contributed by atoms with Crippen molar-refractivity contribution in [3.8, 4) is 0 Å². The van der Waals surface area contributed by atoms with Gasteiger partial charge in [-0.05, 0) is 35.9 Å². The average Bonchev–Trinajstić information content (AvgIpc) is 3.29. The molecule has 7 heteroatoms. The molecule has 5 nitrogen and oxygen atoms in total. The fourth-order valence-corrected chi connectivity index (χ4v) is 4.24. The standard InChI is InChI=1S/C26H19BrFN3O2/c27-20-11-9-17(10-12-20)14-31-25(32)23(29-26(31)33)13-19-16-30(24-8-4-2-6-21(19)24)15-18-5-1-3-7-22(18)28/h1-13,16H,14-15H2,(H,29,33)/b23-13+. The van der Waals surface area contributed by atoms with Crippen LogP contribution in [0.3, 0.4) is 0 Å². The second-order valence-corrected chi connectivity index (χ2v) is 8.74. The average molecular weight is 504 g/mol. The molecular weight excluding hydrogens is 485 g/mol. The Balaban J connectivity index is 1.46. The lowest BCUT2D eigenvalue weighted by Gasteiger charge is -2.11. The first kappa shape index (κ1) is 21.2. The van der Waals surface area contributed by atoms with Crippen LogP contribution in [0.1, 0.15) is 16.7 Å². The van der Waals surface area contributed by atoms with Gasteiger partial charge in [-0.2, -0.15) is 0 Å². The topological polar surface area (TPSA) is 54.3 Å². The van der Waals surface area contributed by atoms with Gasteiger partial charge in [0.2, 0.25) is 0 Å². The molecule has 5 rings (SSSR count). The van der Waals surface area contributed by atoms with Crippen LogP contribution in [0.2, 0.25) is 0 Å². The van der Waals surface area contributed by atoms with E-state index in [1.807, 2.05) is 59.3 Å². The van der Waals surface area contributed by atoms with Gasteiger partial charge in [-0.1, -0.05) is 64.5 Å². The van der Waals surface area contributed by atoms with Gasteiger partial charge in [0, 0.05) is 32.7 Å². The zero-order chi connectivity index (χ0) is 22.9. The maximum Gasteiger partial charge on any atom is 0.329 e. The maximum atomic E-state index is 14.2. The molecular formula is C26H19BrFN3O2. The number of imide groups is 1. The SMILES string of the molecule is O=C1N/C(=C/c2cn(Cc3ccccc3F)c3ccccc23)C(=O)N1Cc1ccc(Br)cc1. The van der Waals surface area contributed by atoms with Crippen molar-refractivity contribution >= 4 is 44.8 Å². The molecule has 1 saturated heterocycles. The van der Waals surface area contributed by atoms with Crippen molar-refractivity contribution in [2.75, 3.05) is 0 Å². The molecule has 4 aromatic rings. The summed E-state index contributed by atoms with van der Waals surface area (Å²) in [6.45, 7) is 0.538. The zero-order valence-corrected chi connectivity index (χ0v) is 19.0. The quantitative estimate of drug-likeness (QED) is 0.281. The summed E-state index contributed by atoms with van der Waals surface area (Å²) in [5, 5.41) is 3.60. The van der Waals surface area contributed by atoms with Gasteiger partial charge in [-0.25, -0.2) is 9.18 Å². The molecule has 33 heavy (non-hydrogen) atoms. The molecule has 0 radical (unpaired) electrons. The number of nitrogens with zero attached hydrogens (tertiary/aromatic N) is 2. The van der Waals surface area contributed by atoms with Crippen molar-refractivity contribution in [3.63, 3.8) is 0 Å². The minimum Gasteiger partial charge on any atom is -0.342 e. The van der Waals surface area contributed by atoms with Gasteiger partial charge >= 0.3 is 6.03 Å². The largest absolute Gasteiger partial charge is 0.342 e. The van der Waals surface area contributed by atoms with Crippen molar-refractivity contribution in [1.29, 1.82) is 0 Å². The molecule has 0 atom stereocenters. The molecule has 0 bridgehead atoms. The second-order valence-electron chi connectivity index (χ2n) is 7.83. The number of hydrogen-bond acceptors (Lipinski definition) is 2. The van der Waals surface area contributed by atoms with Crippen molar-refractivity contribution in [3.05, 3.63) is 112 Å². The van der Waals surface area contributed by atoms with E-state index in [2.05, 4.69) is 21.2 Å². The molecule has 3 amide bonds. The first-order chi connectivity index (χ1) is 16.0. The number of nitrogens with one attached hydrogen (secondary N) is 1. The molecule has 1 aromatic heterocycles. The lowest BCUT2D eigenvalue weighted by molar-refractivity contribution is -0.123. The lowest BCUT2D eigenvalue weighted by atomic mass is 10.1. The minimum atomic E-state index is -0.454. The van der Waals surface area contributed by atoms with E-state index in [0.717, 1.165) is 26.5 Å². The Kier molecular flexibility index (Phi) is 5.56. The number of rotatable bonds is 5. The van der Waals surface area contributed by atoms with Crippen molar-refractivity contribution < 1.29 is 14.0 Å². The highest BCUT2D eigenvalue weighted by atomic mass is 79.9. The van der Waals surface area contributed by atoms with Crippen LogP contribution < -0.4 is 5.32 Å². The summed E-state index contributed by atoms with van der Waals surface area (Å²) in [6, 6.07) is 21.4. The molecule has 1 aliphatic rings. The number of carbonyl (C=O) groups excluding carboxylic acids is 2. The number of amides is 3. The second kappa shape index (κ2) is 8.67. The molecule has 1 fully saturated rings. The van der Waals surface area contributed by atoms with Gasteiger partial charge in [0.05, 0.1) is 13.1 Å². The van der Waals surface area contributed by atoms with Crippen LogP contribution >= 0.6 is 15.9 Å². The van der Waals surface area contributed by atoms with Crippen LogP contribution in [-0.2, 0) is 17.9 Å². The summed E-state index contributed by atoms with van der Waals surface area (Å²) in [5.41, 5.74) is 3.32. The first-order valence-corrected chi connectivity index (χ1v) is 11.2. The minimum absolute atomic E-state index is 0.185. The van der Waals surface area contributed by atoms with Crippen LogP contribution in [0.25, 0.3) is 17.0 Å². The molecule has 1 N–H and O–H groups in total. The fourth-order valence-electron chi connectivity index (χ4n) is 3.97. The fraction of sp³-hybridized carbons (Fsp3) is 0.0769. The molecule has 2 heterocycles. The highest BCUT2D eigenvalue weighted by molar-refractivity contribution is 9.10. The highest BCUT2D eigenvalue weighted by Gasteiger charge is 2.33. The van der Waals surface area contributed by atoms with E-state index in [1.54, 1.807) is 24.3 Å². The smallest absolute Gasteiger partial charge is 0.329 e. The Labute approximate surface area is 198 Å². The lowest BCUT2D eigenvalue weighted by Crippen LogP contribution is -2.30. The molecule has 0 spiro atoms. The van der Waals surface area contributed by atoms with Gasteiger partial charge < -0.3 is 9.88 Å². The van der Waals surface area contributed by atoms with Crippen LogP contribution in [-0.4, -0.2) is 21.4 Å². The maximum absolute atomic E-state index is 14.2. The Hall–Kier alpha value is -3.71. The zero-order valence-electron chi connectivity index (χ0n) is 17.5. The number of halogens is 2. The molecule has 1 aliphatic heterocycles. The summed E-state index contributed by atoms with van der Waals surface area (Å²) < 4.78 is 17.1. The summed E-state index contributed by atoms with van der Waals surface area (Å²) in [6.07, 6.45) is 3.56. The van der Waals surface area contributed by atoms with Gasteiger partial charge in [-0.15, -0.1) is 0 Å². The summed E-state index contributed by atoms with van der Waals surface area (Å²) in [7, 11) is 0. The first-order valence-electron chi connectivity index (χ1n) is 10.4. The Morgan fingerprint density at radius 1 is 0.909 bits per heavy atom. The predicted octanol–water partition coefficient (Wildman–Crippen LogP) is 5.68. The van der Waals surface area contributed by atoms with E-state index in [-0.39, 0.29) is 24.0 Å². The van der Waals surface area contributed by atoms with E-state index in [4.69, 9.17) is 0 Å². The highest BCUT2D eigenvalue weighted by Crippen LogP contribution is 2.26. The van der Waals surface area contributed by atoms with E-state index in [0.29, 0.717) is 12.1 Å². The van der Waals surface area contributed by atoms with Gasteiger partial charge in [-0.3, -0.25) is 9.69 Å². The normalized spacial score (nSPS) is 15.0. The van der Waals surface area contributed by atoms with E-state index in [1.165, 1.54) is 11.0 Å². The van der Waals surface area contributed by atoms with Gasteiger partial charge in [0.15, 0.2) is 0 Å². The Morgan fingerprint density at radius 2 is 1.64 bits per heavy atom.